The molecule has 1 aliphatic rings. The number of rotatable bonds is 0. The fourth-order valence-corrected chi connectivity index (χ4v) is 2.83. The molecule has 2 heterocycles. The molecule has 2 aromatic carbocycles. The second kappa shape index (κ2) is 3.93. The Balaban J connectivity index is 2.19. The van der Waals surface area contributed by atoms with Crippen LogP contribution in [-0.4, -0.2) is 14.3 Å². The van der Waals surface area contributed by atoms with Crippen molar-refractivity contribution in [3.63, 3.8) is 0 Å². The van der Waals surface area contributed by atoms with Crippen molar-refractivity contribution in [1.29, 1.82) is 0 Å². The van der Waals surface area contributed by atoms with Gasteiger partial charge in [0.05, 0.1) is 5.69 Å². The first kappa shape index (κ1) is 11.2. The Labute approximate surface area is 115 Å². The van der Waals surface area contributed by atoms with Crippen LogP contribution < -0.4 is 5.69 Å². The minimum Gasteiger partial charge on any atom is -0.246 e. The summed E-state index contributed by atoms with van der Waals surface area (Å²) in [6, 6.07) is 16.2. The maximum atomic E-state index is 12.4. The smallest absolute Gasteiger partial charge is 0.246 e. The third-order valence-corrected chi connectivity index (χ3v) is 3.80. The quantitative estimate of drug-likeness (QED) is 0.487. The van der Waals surface area contributed by atoms with Crippen LogP contribution in [0, 0.1) is 0 Å². The number of aromatic nitrogens is 3. The van der Waals surface area contributed by atoms with E-state index >= 15 is 0 Å². The lowest BCUT2D eigenvalue weighted by Gasteiger charge is -2.06. The van der Waals surface area contributed by atoms with E-state index in [9.17, 15) is 4.79 Å². The molecule has 0 saturated heterocycles. The van der Waals surface area contributed by atoms with Crippen LogP contribution in [0.5, 0.6) is 0 Å². The summed E-state index contributed by atoms with van der Waals surface area (Å²) < 4.78 is 3.11. The number of hydrogen-bond donors (Lipinski definition) is 0. The van der Waals surface area contributed by atoms with Crippen molar-refractivity contribution in [2.75, 3.05) is 0 Å². The summed E-state index contributed by atoms with van der Waals surface area (Å²) in [6.45, 7) is 0. The standard InChI is InChI=1S/C16H13N3O/c1-18-16(20)19-14-9-5-3-7-12(14)10-11-6-2-4-8-13(11)15(19)17-18/h2-9H,10H2,1H3. The van der Waals surface area contributed by atoms with Crippen molar-refractivity contribution in [1.82, 2.24) is 14.3 Å². The number of fused-ring (bicyclic) bond motifs is 5. The highest BCUT2D eigenvalue weighted by atomic mass is 16.2. The fourth-order valence-electron chi connectivity index (χ4n) is 2.83. The summed E-state index contributed by atoms with van der Waals surface area (Å²) in [6.07, 6.45) is 0.818. The molecule has 0 saturated carbocycles. The molecule has 0 atom stereocenters. The molecule has 0 aliphatic carbocycles. The van der Waals surface area contributed by atoms with E-state index in [1.165, 1.54) is 10.2 Å². The molecule has 0 fully saturated rings. The summed E-state index contributed by atoms with van der Waals surface area (Å²) in [7, 11) is 1.69. The highest BCUT2D eigenvalue weighted by molar-refractivity contribution is 5.67. The molecule has 0 spiro atoms. The predicted molar refractivity (Wildman–Crippen MR) is 77.0 cm³/mol. The minimum absolute atomic E-state index is 0.107. The Morgan fingerprint density at radius 1 is 1.00 bits per heavy atom. The van der Waals surface area contributed by atoms with E-state index in [0.29, 0.717) is 0 Å². The van der Waals surface area contributed by atoms with Crippen LogP contribution in [0.4, 0.5) is 0 Å². The molecule has 98 valence electrons. The number of aryl methyl sites for hydroxylation is 1. The zero-order valence-electron chi connectivity index (χ0n) is 11.1. The van der Waals surface area contributed by atoms with Crippen molar-refractivity contribution in [3.8, 4) is 17.1 Å². The highest BCUT2D eigenvalue weighted by Crippen LogP contribution is 2.31. The zero-order chi connectivity index (χ0) is 13.7. The summed E-state index contributed by atoms with van der Waals surface area (Å²) in [5, 5.41) is 4.42. The summed E-state index contributed by atoms with van der Waals surface area (Å²) in [4.78, 5) is 12.4. The normalized spacial score (nSPS) is 12.2. The second-order valence-corrected chi connectivity index (χ2v) is 5.03. The number of hydrogen-bond acceptors (Lipinski definition) is 2. The van der Waals surface area contributed by atoms with Gasteiger partial charge in [0.25, 0.3) is 0 Å². The SMILES string of the molecule is Cn1nc2n(c1=O)-c1ccccc1Cc1ccccc1-2. The first-order valence-electron chi connectivity index (χ1n) is 6.58. The lowest BCUT2D eigenvalue weighted by molar-refractivity contribution is 0.725. The van der Waals surface area contributed by atoms with Crippen molar-refractivity contribution in [3.05, 3.63) is 70.1 Å². The lowest BCUT2D eigenvalue weighted by atomic mass is 10.0. The Bertz CT molecular complexity index is 873. The Hall–Kier alpha value is -2.62. The number of nitrogens with zero attached hydrogens (tertiary/aromatic N) is 3. The Kier molecular flexibility index (Phi) is 2.21. The maximum absolute atomic E-state index is 12.4. The van der Waals surface area contributed by atoms with E-state index in [2.05, 4.69) is 17.2 Å². The second-order valence-electron chi connectivity index (χ2n) is 5.03. The summed E-state index contributed by atoms with van der Waals surface area (Å²) >= 11 is 0. The van der Waals surface area contributed by atoms with Gasteiger partial charge < -0.3 is 0 Å². The monoisotopic (exact) mass is 263 g/mol. The van der Waals surface area contributed by atoms with Crippen LogP contribution in [0.3, 0.4) is 0 Å². The Morgan fingerprint density at radius 3 is 2.55 bits per heavy atom. The molecule has 3 aromatic rings. The molecule has 0 N–H and O–H groups in total. The highest BCUT2D eigenvalue weighted by Gasteiger charge is 2.22. The zero-order valence-corrected chi connectivity index (χ0v) is 11.1. The van der Waals surface area contributed by atoms with Gasteiger partial charge in [0.1, 0.15) is 0 Å². The molecule has 0 radical (unpaired) electrons. The van der Waals surface area contributed by atoms with Crippen LogP contribution in [0.15, 0.2) is 53.3 Å². The van der Waals surface area contributed by atoms with Crippen LogP contribution in [-0.2, 0) is 13.5 Å². The summed E-state index contributed by atoms with van der Waals surface area (Å²) in [5.41, 5.74) is 4.19. The third-order valence-electron chi connectivity index (χ3n) is 3.80. The molecule has 4 heteroatoms. The van der Waals surface area contributed by atoms with E-state index in [-0.39, 0.29) is 5.69 Å². The number of para-hydroxylation sites is 1. The summed E-state index contributed by atoms with van der Waals surface area (Å²) in [5.74, 6) is 0.720. The molecule has 0 bridgehead atoms. The van der Waals surface area contributed by atoms with Crippen molar-refractivity contribution < 1.29 is 0 Å². The minimum atomic E-state index is -0.107. The maximum Gasteiger partial charge on any atom is 0.350 e. The molecular weight excluding hydrogens is 250 g/mol. The van der Waals surface area contributed by atoms with Crippen LogP contribution in [0.25, 0.3) is 17.1 Å². The largest absolute Gasteiger partial charge is 0.350 e. The van der Waals surface area contributed by atoms with E-state index in [1.54, 1.807) is 11.6 Å². The molecule has 4 nitrogen and oxygen atoms in total. The fraction of sp³-hybridized carbons (Fsp3) is 0.125. The molecule has 4 rings (SSSR count). The van der Waals surface area contributed by atoms with Gasteiger partial charge in [-0.15, -0.1) is 5.10 Å². The van der Waals surface area contributed by atoms with Crippen LogP contribution >= 0.6 is 0 Å². The van der Waals surface area contributed by atoms with E-state index < -0.39 is 0 Å². The topological polar surface area (TPSA) is 39.8 Å². The van der Waals surface area contributed by atoms with Gasteiger partial charge in [0.15, 0.2) is 5.82 Å². The molecule has 0 unspecified atom stereocenters. The van der Waals surface area contributed by atoms with E-state index in [0.717, 1.165) is 29.1 Å². The molecule has 20 heavy (non-hydrogen) atoms. The molecule has 0 amide bonds. The van der Waals surface area contributed by atoms with E-state index in [1.807, 2.05) is 36.4 Å². The average Bonchev–Trinajstić information content (AvgIpc) is 2.68. The van der Waals surface area contributed by atoms with Gasteiger partial charge in [-0.3, -0.25) is 0 Å². The first-order valence-corrected chi connectivity index (χ1v) is 6.58. The van der Waals surface area contributed by atoms with Crippen molar-refractivity contribution >= 4 is 0 Å². The molecule has 1 aromatic heterocycles. The van der Waals surface area contributed by atoms with Gasteiger partial charge >= 0.3 is 5.69 Å². The van der Waals surface area contributed by atoms with Gasteiger partial charge in [0.2, 0.25) is 0 Å². The molecule has 1 aliphatic heterocycles. The first-order chi connectivity index (χ1) is 9.75. The van der Waals surface area contributed by atoms with E-state index in [4.69, 9.17) is 0 Å². The van der Waals surface area contributed by atoms with Gasteiger partial charge in [-0.05, 0) is 17.2 Å². The van der Waals surface area contributed by atoms with Crippen molar-refractivity contribution in [2.24, 2.45) is 7.05 Å². The van der Waals surface area contributed by atoms with Gasteiger partial charge in [-0.25, -0.2) is 14.0 Å². The molecular formula is C16H13N3O. The van der Waals surface area contributed by atoms with Gasteiger partial charge in [0, 0.05) is 19.0 Å². The average molecular weight is 263 g/mol. The third kappa shape index (κ3) is 1.42. The number of benzene rings is 2. The predicted octanol–water partition coefficient (Wildman–Crippen LogP) is 2.14. The van der Waals surface area contributed by atoms with Crippen LogP contribution in [0.1, 0.15) is 11.1 Å². The van der Waals surface area contributed by atoms with Crippen molar-refractivity contribution in [2.45, 2.75) is 6.42 Å². The van der Waals surface area contributed by atoms with Gasteiger partial charge in [-0.2, -0.15) is 0 Å². The van der Waals surface area contributed by atoms with Gasteiger partial charge in [-0.1, -0.05) is 42.5 Å². The van der Waals surface area contributed by atoms with Crippen LogP contribution in [0.2, 0.25) is 0 Å². The Morgan fingerprint density at radius 2 is 1.70 bits per heavy atom. The lowest BCUT2D eigenvalue weighted by Crippen LogP contribution is -2.22.